The van der Waals surface area contributed by atoms with Crippen molar-refractivity contribution >= 4 is 17.3 Å². The quantitative estimate of drug-likeness (QED) is 0.805. The van der Waals surface area contributed by atoms with Gasteiger partial charge in [-0.05, 0) is 30.5 Å². The summed E-state index contributed by atoms with van der Waals surface area (Å²) in [5.74, 6) is 0.805. The number of benzene rings is 1. The van der Waals surface area contributed by atoms with Gasteiger partial charge in [0, 0.05) is 37.4 Å². The van der Waals surface area contributed by atoms with E-state index < -0.39 is 0 Å². The van der Waals surface area contributed by atoms with E-state index in [1.54, 1.807) is 5.57 Å². The first-order chi connectivity index (χ1) is 9.74. The number of rotatable bonds is 2. The van der Waals surface area contributed by atoms with E-state index in [1.165, 1.54) is 5.56 Å². The number of carbonyl (C=O) groups excluding carboxylic acids is 1. The lowest BCUT2D eigenvalue weighted by Gasteiger charge is -2.36. The lowest BCUT2D eigenvalue weighted by molar-refractivity contribution is -0.121. The molecule has 104 valence electrons. The molecule has 2 N–H and O–H groups in total. The van der Waals surface area contributed by atoms with Crippen molar-refractivity contribution in [3.63, 3.8) is 0 Å². The number of nitrogens with one attached hydrogen (secondary N) is 2. The van der Waals surface area contributed by atoms with Gasteiger partial charge in [-0.3, -0.25) is 9.69 Å². The molecule has 1 amide bonds. The highest BCUT2D eigenvalue weighted by atomic mass is 16.2. The third kappa shape index (κ3) is 1.91. The maximum Gasteiger partial charge on any atom is 0.242 e. The number of amides is 1. The largest absolute Gasteiger partial charge is 0.388 e. The Kier molecular flexibility index (Phi) is 2.60. The van der Waals surface area contributed by atoms with Crippen molar-refractivity contribution < 1.29 is 4.79 Å². The third-order valence-corrected chi connectivity index (χ3v) is 4.71. The van der Waals surface area contributed by atoms with Gasteiger partial charge in [0.25, 0.3) is 0 Å². The molecule has 2 atom stereocenters. The van der Waals surface area contributed by atoms with Crippen LogP contribution in [-0.2, 0) is 11.2 Å². The van der Waals surface area contributed by atoms with Crippen LogP contribution < -0.4 is 10.6 Å². The molecule has 2 aliphatic heterocycles. The fraction of sp³-hybridized carbons (Fsp3) is 0.438. The first-order valence-electron chi connectivity index (χ1n) is 7.31. The van der Waals surface area contributed by atoms with Crippen molar-refractivity contribution in [2.45, 2.75) is 18.9 Å². The van der Waals surface area contributed by atoms with Crippen LogP contribution in [0.3, 0.4) is 0 Å². The summed E-state index contributed by atoms with van der Waals surface area (Å²) in [5.41, 5.74) is 4.83. The van der Waals surface area contributed by atoms with Gasteiger partial charge in [0.1, 0.15) is 0 Å². The van der Waals surface area contributed by atoms with E-state index in [2.05, 4.69) is 33.7 Å². The van der Waals surface area contributed by atoms with Crippen molar-refractivity contribution in [2.24, 2.45) is 5.92 Å². The highest BCUT2D eigenvalue weighted by Crippen LogP contribution is 2.38. The van der Waals surface area contributed by atoms with Gasteiger partial charge in [0.15, 0.2) is 0 Å². The zero-order valence-electron chi connectivity index (χ0n) is 11.6. The molecule has 0 spiro atoms. The Morgan fingerprint density at radius 1 is 1.40 bits per heavy atom. The van der Waals surface area contributed by atoms with Crippen LogP contribution in [0.4, 0.5) is 11.4 Å². The number of carbonyl (C=O) groups is 1. The van der Waals surface area contributed by atoms with Crippen LogP contribution in [0.15, 0.2) is 29.8 Å². The lowest BCUT2D eigenvalue weighted by atomic mass is 9.95. The molecule has 4 nitrogen and oxygen atoms in total. The highest BCUT2D eigenvalue weighted by molar-refractivity contribution is 5.98. The first-order valence-corrected chi connectivity index (χ1v) is 7.31. The van der Waals surface area contributed by atoms with Crippen LogP contribution in [0, 0.1) is 5.92 Å². The molecule has 1 unspecified atom stereocenters. The molecular formula is C16H19N3O. The lowest BCUT2D eigenvalue weighted by Crippen LogP contribution is -2.50. The molecule has 1 fully saturated rings. The minimum Gasteiger partial charge on any atom is -0.388 e. The Morgan fingerprint density at radius 2 is 2.30 bits per heavy atom. The van der Waals surface area contributed by atoms with Crippen LogP contribution in [-0.4, -0.2) is 37.0 Å². The summed E-state index contributed by atoms with van der Waals surface area (Å²) in [5, 5.41) is 6.18. The molecule has 3 aliphatic rings. The summed E-state index contributed by atoms with van der Waals surface area (Å²) >= 11 is 0. The summed E-state index contributed by atoms with van der Waals surface area (Å²) in [6.07, 6.45) is 4.31. The van der Waals surface area contributed by atoms with Crippen molar-refractivity contribution in [2.75, 3.05) is 30.8 Å². The van der Waals surface area contributed by atoms with E-state index in [0.29, 0.717) is 5.92 Å². The number of nitrogens with zero attached hydrogens (tertiary/aromatic N) is 1. The van der Waals surface area contributed by atoms with Crippen molar-refractivity contribution in [3.8, 4) is 0 Å². The van der Waals surface area contributed by atoms with Crippen molar-refractivity contribution in [1.29, 1.82) is 0 Å². The summed E-state index contributed by atoms with van der Waals surface area (Å²) in [6, 6.07) is 6.21. The minimum atomic E-state index is -0.00140. The summed E-state index contributed by atoms with van der Waals surface area (Å²) in [7, 11) is 1.89. The Bertz CT molecular complexity index is 608. The second kappa shape index (κ2) is 4.35. The molecule has 1 aromatic carbocycles. The van der Waals surface area contributed by atoms with Gasteiger partial charge in [-0.15, -0.1) is 0 Å². The molecule has 20 heavy (non-hydrogen) atoms. The number of piperidine rings is 1. The van der Waals surface area contributed by atoms with E-state index in [0.717, 1.165) is 37.3 Å². The molecule has 4 heteroatoms. The van der Waals surface area contributed by atoms with E-state index in [-0.39, 0.29) is 11.9 Å². The first kappa shape index (κ1) is 12.0. The van der Waals surface area contributed by atoms with E-state index in [4.69, 9.17) is 0 Å². The monoisotopic (exact) mass is 269 g/mol. The van der Waals surface area contributed by atoms with E-state index >= 15 is 0 Å². The topological polar surface area (TPSA) is 44.4 Å². The average molecular weight is 269 g/mol. The predicted octanol–water partition coefficient (Wildman–Crippen LogP) is 1.85. The van der Waals surface area contributed by atoms with Crippen LogP contribution in [0.1, 0.15) is 12.0 Å². The molecule has 1 saturated heterocycles. The molecule has 1 aliphatic carbocycles. The average Bonchev–Trinajstić information content (AvgIpc) is 3.24. The van der Waals surface area contributed by atoms with Crippen LogP contribution in [0.5, 0.6) is 0 Å². The molecule has 4 rings (SSSR count). The third-order valence-electron chi connectivity index (χ3n) is 4.71. The minimum absolute atomic E-state index is 0.00140. The van der Waals surface area contributed by atoms with Crippen LogP contribution in [0.25, 0.3) is 0 Å². The van der Waals surface area contributed by atoms with Gasteiger partial charge in [-0.25, -0.2) is 0 Å². The van der Waals surface area contributed by atoms with Gasteiger partial charge in [-0.2, -0.15) is 0 Å². The van der Waals surface area contributed by atoms with E-state index in [1.807, 2.05) is 13.1 Å². The SMILES string of the molecule is CNc1ccc2c(c1)NC(=O)C(N1CCC3=C[C@@H]3C1)C2. The van der Waals surface area contributed by atoms with Crippen LogP contribution >= 0.6 is 0 Å². The zero-order chi connectivity index (χ0) is 13.7. The van der Waals surface area contributed by atoms with Gasteiger partial charge in [-0.1, -0.05) is 17.7 Å². The molecule has 0 aromatic heterocycles. The standard InChI is InChI=1S/C16H19N3O/c1-17-13-3-2-11-7-15(16(20)18-14(11)8-13)19-5-4-10-6-12(10)9-19/h2-3,6,8,12,15,17H,4-5,7,9H2,1H3,(H,18,20)/t12-,15?/m1/s1. The summed E-state index contributed by atoms with van der Waals surface area (Å²) in [6.45, 7) is 2.04. The van der Waals surface area contributed by atoms with Gasteiger partial charge in [0.2, 0.25) is 5.91 Å². The number of fused-ring (bicyclic) bond motifs is 2. The molecule has 1 aromatic rings. The number of likely N-dealkylation sites (tertiary alicyclic amines) is 1. The molecule has 0 saturated carbocycles. The summed E-state index contributed by atoms with van der Waals surface area (Å²) < 4.78 is 0. The fourth-order valence-corrected chi connectivity index (χ4v) is 3.39. The Hall–Kier alpha value is -1.81. The normalized spacial score (nSPS) is 28.1. The fourth-order valence-electron chi connectivity index (χ4n) is 3.39. The number of hydrogen-bond acceptors (Lipinski definition) is 3. The summed E-state index contributed by atoms with van der Waals surface area (Å²) in [4.78, 5) is 14.7. The second-order valence-electron chi connectivity index (χ2n) is 5.92. The zero-order valence-corrected chi connectivity index (χ0v) is 11.6. The van der Waals surface area contributed by atoms with Gasteiger partial charge >= 0.3 is 0 Å². The highest BCUT2D eigenvalue weighted by Gasteiger charge is 2.38. The molecule has 2 heterocycles. The van der Waals surface area contributed by atoms with Crippen molar-refractivity contribution in [3.05, 3.63) is 35.4 Å². The Balaban J connectivity index is 1.56. The number of anilines is 2. The Morgan fingerprint density at radius 3 is 3.10 bits per heavy atom. The smallest absolute Gasteiger partial charge is 0.242 e. The van der Waals surface area contributed by atoms with E-state index in [9.17, 15) is 4.79 Å². The second-order valence-corrected chi connectivity index (χ2v) is 5.92. The Labute approximate surface area is 118 Å². The van der Waals surface area contributed by atoms with Crippen LogP contribution in [0.2, 0.25) is 0 Å². The number of hydrogen-bond donors (Lipinski definition) is 2. The predicted molar refractivity (Wildman–Crippen MR) is 79.9 cm³/mol. The maximum atomic E-state index is 12.4. The molecule has 0 bridgehead atoms. The molecule has 0 radical (unpaired) electrons. The molecular weight excluding hydrogens is 250 g/mol. The van der Waals surface area contributed by atoms with Gasteiger partial charge < -0.3 is 10.6 Å². The maximum absolute atomic E-state index is 12.4. The van der Waals surface area contributed by atoms with Gasteiger partial charge in [0.05, 0.1) is 6.04 Å². The van der Waals surface area contributed by atoms with Crippen molar-refractivity contribution in [1.82, 2.24) is 4.90 Å².